The van der Waals surface area contributed by atoms with Gasteiger partial charge >= 0.3 is 0 Å². The predicted octanol–water partition coefficient (Wildman–Crippen LogP) is 0.776. The van der Waals surface area contributed by atoms with Gasteiger partial charge in [0, 0.05) is 18.0 Å². The molecule has 2 rings (SSSR count). The summed E-state index contributed by atoms with van der Waals surface area (Å²) in [4.78, 5) is 7.87. The van der Waals surface area contributed by atoms with E-state index in [1.54, 1.807) is 11.3 Å². The maximum absolute atomic E-state index is 9.05. The van der Waals surface area contributed by atoms with E-state index in [9.17, 15) is 0 Å². The highest BCUT2D eigenvalue weighted by molar-refractivity contribution is 7.11. The third-order valence-corrected chi connectivity index (χ3v) is 3.55. The molecule has 4 nitrogen and oxygen atoms in total. The number of thiazole rings is 1. The van der Waals surface area contributed by atoms with Gasteiger partial charge in [-0.05, 0) is 6.92 Å². The van der Waals surface area contributed by atoms with E-state index in [1.165, 1.54) is 0 Å². The number of aliphatic hydroxyl groups is 1. The summed E-state index contributed by atoms with van der Waals surface area (Å²) in [5.74, 6) is 0. The van der Waals surface area contributed by atoms with Crippen molar-refractivity contribution in [1.82, 2.24) is 9.88 Å². The first-order valence-corrected chi connectivity index (χ1v) is 5.97. The average Bonchev–Trinajstić information content (AvgIpc) is 2.60. The number of rotatable bonds is 3. The van der Waals surface area contributed by atoms with Crippen molar-refractivity contribution in [1.29, 1.82) is 0 Å². The van der Waals surface area contributed by atoms with Crippen LogP contribution in [0.1, 0.15) is 15.6 Å². The van der Waals surface area contributed by atoms with Crippen LogP contribution < -0.4 is 0 Å². The molecule has 0 bridgehead atoms. The number of hydrogen-bond donors (Lipinski definition) is 1. The van der Waals surface area contributed by atoms with Crippen molar-refractivity contribution < 1.29 is 9.84 Å². The number of morpholine rings is 1. The van der Waals surface area contributed by atoms with Gasteiger partial charge in [0.2, 0.25) is 0 Å². The lowest BCUT2D eigenvalue weighted by atomic mass is 10.4. The van der Waals surface area contributed by atoms with Gasteiger partial charge in [-0.2, -0.15) is 0 Å². The van der Waals surface area contributed by atoms with Gasteiger partial charge in [-0.25, -0.2) is 4.98 Å². The molecule has 2 heterocycles. The number of aromatic nitrogens is 1. The van der Waals surface area contributed by atoms with E-state index in [4.69, 9.17) is 9.84 Å². The number of ether oxygens (including phenoxy) is 1. The molecule has 1 aromatic heterocycles. The van der Waals surface area contributed by atoms with Crippen molar-refractivity contribution in [2.24, 2.45) is 0 Å². The standard InChI is InChI=1S/C10H16N2O2S/c1-8-9(7-13)11-10(15-8)6-12-2-4-14-5-3-12/h13H,2-7H2,1H3. The molecule has 1 aromatic rings. The van der Waals surface area contributed by atoms with Crippen molar-refractivity contribution in [3.63, 3.8) is 0 Å². The Labute approximate surface area is 93.5 Å². The molecule has 1 saturated heterocycles. The summed E-state index contributed by atoms with van der Waals surface area (Å²) in [6.07, 6.45) is 0. The van der Waals surface area contributed by atoms with Crippen LogP contribution in [0.15, 0.2) is 0 Å². The largest absolute Gasteiger partial charge is 0.390 e. The van der Waals surface area contributed by atoms with Crippen molar-refractivity contribution in [3.05, 3.63) is 15.6 Å². The Morgan fingerprint density at radius 2 is 2.20 bits per heavy atom. The van der Waals surface area contributed by atoms with Gasteiger partial charge in [0.25, 0.3) is 0 Å². The first-order chi connectivity index (χ1) is 7.29. The normalized spacial score (nSPS) is 18.3. The lowest BCUT2D eigenvalue weighted by Crippen LogP contribution is -2.35. The summed E-state index contributed by atoms with van der Waals surface area (Å²) in [6, 6.07) is 0. The van der Waals surface area contributed by atoms with E-state index in [1.807, 2.05) is 6.92 Å². The van der Waals surface area contributed by atoms with Gasteiger partial charge in [0.05, 0.1) is 32.1 Å². The van der Waals surface area contributed by atoms with Crippen molar-refractivity contribution >= 4 is 11.3 Å². The maximum Gasteiger partial charge on any atom is 0.107 e. The fourth-order valence-corrected chi connectivity index (χ4v) is 2.64. The molecule has 1 aliphatic heterocycles. The van der Waals surface area contributed by atoms with E-state index in [2.05, 4.69) is 9.88 Å². The van der Waals surface area contributed by atoms with Crippen molar-refractivity contribution in [2.75, 3.05) is 26.3 Å². The van der Waals surface area contributed by atoms with Gasteiger partial charge in [-0.15, -0.1) is 11.3 Å². The average molecular weight is 228 g/mol. The minimum Gasteiger partial charge on any atom is -0.390 e. The molecule has 0 spiro atoms. The predicted molar refractivity (Wildman–Crippen MR) is 58.9 cm³/mol. The highest BCUT2D eigenvalue weighted by atomic mass is 32.1. The van der Waals surface area contributed by atoms with E-state index >= 15 is 0 Å². The zero-order valence-electron chi connectivity index (χ0n) is 8.90. The quantitative estimate of drug-likeness (QED) is 0.830. The summed E-state index contributed by atoms with van der Waals surface area (Å²) in [6.45, 7) is 6.53. The number of aliphatic hydroxyl groups excluding tert-OH is 1. The van der Waals surface area contributed by atoms with Crippen LogP contribution in [-0.2, 0) is 17.9 Å². The van der Waals surface area contributed by atoms with Crippen LogP contribution in [0.25, 0.3) is 0 Å². The number of aryl methyl sites for hydroxylation is 1. The zero-order chi connectivity index (χ0) is 10.7. The Kier molecular flexibility index (Phi) is 3.69. The highest BCUT2D eigenvalue weighted by Crippen LogP contribution is 2.19. The van der Waals surface area contributed by atoms with Crippen molar-refractivity contribution in [3.8, 4) is 0 Å². The highest BCUT2D eigenvalue weighted by Gasteiger charge is 2.13. The van der Waals surface area contributed by atoms with E-state index in [0.717, 1.165) is 48.4 Å². The topological polar surface area (TPSA) is 45.6 Å². The van der Waals surface area contributed by atoms with Crippen LogP contribution >= 0.6 is 11.3 Å². The molecular formula is C10H16N2O2S. The van der Waals surface area contributed by atoms with Crippen LogP contribution in [0.2, 0.25) is 0 Å². The molecule has 84 valence electrons. The van der Waals surface area contributed by atoms with Crippen LogP contribution in [0.3, 0.4) is 0 Å². The second-order valence-corrected chi connectivity index (χ2v) is 4.94. The summed E-state index contributed by atoms with van der Waals surface area (Å²) >= 11 is 1.68. The third kappa shape index (κ3) is 2.75. The summed E-state index contributed by atoms with van der Waals surface area (Å²) in [5, 5.41) is 10.1. The Balaban J connectivity index is 1.97. The minimum atomic E-state index is 0.0471. The van der Waals surface area contributed by atoms with E-state index < -0.39 is 0 Å². The monoisotopic (exact) mass is 228 g/mol. The van der Waals surface area contributed by atoms with Gasteiger partial charge < -0.3 is 9.84 Å². The first kappa shape index (κ1) is 11.0. The van der Waals surface area contributed by atoms with Gasteiger partial charge in [-0.3, -0.25) is 4.90 Å². The third-order valence-electron chi connectivity index (χ3n) is 2.55. The lowest BCUT2D eigenvalue weighted by molar-refractivity contribution is 0.0341. The van der Waals surface area contributed by atoms with Crippen LogP contribution in [0, 0.1) is 6.92 Å². The minimum absolute atomic E-state index is 0.0471. The Bertz CT molecular complexity index is 321. The molecular weight excluding hydrogens is 212 g/mol. The van der Waals surface area contributed by atoms with Gasteiger partial charge in [0.1, 0.15) is 5.01 Å². The van der Waals surface area contributed by atoms with Gasteiger partial charge in [0.15, 0.2) is 0 Å². The van der Waals surface area contributed by atoms with E-state index in [0.29, 0.717) is 0 Å². The Morgan fingerprint density at radius 1 is 1.47 bits per heavy atom. The maximum atomic E-state index is 9.05. The molecule has 1 aliphatic rings. The molecule has 0 saturated carbocycles. The first-order valence-electron chi connectivity index (χ1n) is 5.15. The Hall–Kier alpha value is -0.490. The van der Waals surface area contributed by atoms with Crippen molar-refractivity contribution in [2.45, 2.75) is 20.1 Å². The molecule has 0 aliphatic carbocycles. The number of hydrogen-bond acceptors (Lipinski definition) is 5. The molecule has 1 fully saturated rings. The molecule has 0 unspecified atom stereocenters. The molecule has 0 atom stereocenters. The molecule has 1 N–H and O–H groups in total. The fourth-order valence-electron chi connectivity index (χ4n) is 1.65. The number of nitrogens with zero attached hydrogens (tertiary/aromatic N) is 2. The van der Waals surface area contributed by atoms with Crippen LogP contribution in [0.5, 0.6) is 0 Å². The fraction of sp³-hybridized carbons (Fsp3) is 0.700. The SMILES string of the molecule is Cc1sc(CN2CCOCC2)nc1CO. The smallest absolute Gasteiger partial charge is 0.107 e. The Morgan fingerprint density at radius 3 is 2.80 bits per heavy atom. The summed E-state index contributed by atoms with van der Waals surface area (Å²) < 4.78 is 5.29. The zero-order valence-corrected chi connectivity index (χ0v) is 9.72. The van der Waals surface area contributed by atoms with Crippen LogP contribution in [-0.4, -0.2) is 41.3 Å². The summed E-state index contributed by atoms with van der Waals surface area (Å²) in [7, 11) is 0. The summed E-state index contributed by atoms with van der Waals surface area (Å²) in [5.41, 5.74) is 0.822. The second kappa shape index (κ2) is 5.03. The molecule has 5 heteroatoms. The van der Waals surface area contributed by atoms with Gasteiger partial charge in [-0.1, -0.05) is 0 Å². The molecule has 0 aromatic carbocycles. The molecule has 0 radical (unpaired) electrons. The van der Waals surface area contributed by atoms with E-state index in [-0.39, 0.29) is 6.61 Å². The molecule has 0 amide bonds. The lowest BCUT2D eigenvalue weighted by Gasteiger charge is -2.25. The van der Waals surface area contributed by atoms with Crippen LogP contribution in [0.4, 0.5) is 0 Å². The molecule has 15 heavy (non-hydrogen) atoms. The second-order valence-electron chi connectivity index (χ2n) is 3.66.